The van der Waals surface area contributed by atoms with Gasteiger partial charge in [0.1, 0.15) is 5.75 Å². The first-order chi connectivity index (χ1) is 10.3. The second-order valence-electron chi connectivity index (χ2n) is 4.63. The van der Waals surface area contributed by atoms with E-state index >= 15 is 0 Å². The molecular weight excluding hydrogens is 315 g/mol. The average Bonchev–Trinajstić information content (AvgIpc) is 2.85. The van der Waals surface area contributed by atoms with E-state index in [1.54, 1.807) is 35.8 Å². The van der Waals surface area contributed by atoms with Gasteiger partial charge in [-0.05, 0) is 42.8 Å². The van der Waals surface area contributed by atoms with E-state index < -0.39 is 6.36 Å². The Labute approximate surface area is 129 Å². The van der Waals surface area contributed by atoms with Crippen LogP contribution in [0.25, 0.3) is 16.8 Å². The third-order valence-corrected chi connectivity index (χ3v) is 3.36. The van der Waals surface area contributed by atoms with Crippen LogP contribution in [0.5, 0.6) is 5.75 Å². The molecule has 1 aromatic carbocycles. The van der Waals surface area contributed by atoms with Crippen molar-refractivity contribution < 1.29 is 17.9 Å². The van der Waals surface area contributed by atoms with Gasteiger partial charge in [0.25, 0.3) is 0 Å². The van der Waals surface area contributed by atoms with Gasteiger partial charge in [-0.15, -0.1) is 25.8 Å². The summed E-state index contributed by atoms with van der Waals surface area (Å²) >= 11 is 4.26. The van der Waals surface area contributed by atoms with Gasteiger partial charge in [-0.2, -0.15) is 5.10 Å². The molecule has 0 bridgehead atoms. The van der Waals surface area contributed by atoms with Gasteiger partial charge in [-0.1, -0.05) is 0 Å². The summed E-state index contributed by atoms with van der Waals surface area (Å²) in [5, 5.41) is 4.46. The number of ether oxygens (including phenoxy) is 1. The molecule has 0 saturated heterocycles. The van der Waals surface area contributed by atoms with Crippen LogP contribution in [0.1, 0.15) is 5.56 Å². The van der Waals surface area contributed by atoms with Crippen molar-refractivity contribution in [3.05, 3.63) is 42.1 Å². The van der Waals surface area contributed by atoms with E-state index in [2.05, 4.69) is 27.4 Å². The molecule has 114 valence electrons. The Bertz CT molecular complexity index is 845. The van der Waals surface area contributed by atoms with Crippen LogP contribution in [-0.4, -0.2) is 21.0 Å². The number of fused-ring (bicyclic) bond motifs is 1. The minimum absolute atomic E-state index is 0.259. The maximum Gasteiger partial charge on any atom is 0.573 e. The van der Waals surface area contributed by atoms with Crippen molar-refractivity contribution in [2.75, 3.05) is 0 Å². The zero-order valence-electron chi connectivity index (χ0n) is 11.3. The first-order valence-electron chi connectivity index (χ1n) is 6.24. The monoisotopic (exact) mass is 325 g/mol. The van der Waals surface area contributed by atoms with Crippen LogP contribution >= 0.6 is 12.6 Å². The number of hydrogen-bond acceptors (Lipinski definition) is 4. The topological polar surface area (TPSA) is 39.4 Å². The zero-order chi connectivity index (χ0) is 15.9. The molecule has 22 heavy (non-hydrogen) atoms. The van der Waals surface area contributed by atoms with E-state index in [0.717, 1.165) is 5.52 Å². The van der Waals surface area contributed by atoms with Crippen molar-refractivity contribution in [1.82, 2.24) is 14.6 Å². The van der Waals surface area contributed by atoms with E-state index in [9.17, 15) is 13.2 Å². The van der Waals surface area contributed by atoms with Crippen LogP contribution in [0.4, 0.5) is 13.2 Å². The number of rotatable bonds is 2. The summed E-state index contributed by atoms with van der Waals surface area (Å²) in [7, 11) is 0. The Balaban J connectivity index is 2.03. The van der Waals surface area contributed by atoms with Crippen molar-refractivity contribution in [2.45, 2.75) is 18.4 Å². The van der Waals surface area contributed by atoms with Crippen LogP contribution in [0.2, 0.25) is 0 Å². The summed E-state index contributed by atoms with van der Waals surface area (Å²) in [5.41, 5.74) is 2.72. The molecular formula is C14H10F3N3OS. The molecule has 3 rings (SSSR count). The minimum atomic E-state index is -4.71. The fraction of sp³-hybridized carbons (Fsp3) is 0.143. The molecule has 8 heteroatoms. The van der Waals surface area contributed by atoms with E-state index in [1.165, 1.54) is 12.1 Å². The van der Waals surface area contributed by atoms with Gasteiger partial charge in [-0.25, -0.2) is 9.50 Å². The molecule has 0 aliphatic heterocycles. The Morgan fingerprint density at radius 2 is 1.95 bits per heavy atom. The highest BCUT2D eigenvalue weighted by atomic mass is 32.1. The smallest absolute Gasteiger partial charge is 0.406 e. The van der Waals surface area contributed by atoms with Crippen LogP contribution in [0, 0.1) is 6.92 Å². The highest BCUT2D eigenvalue weighted by Gasteiger charge is 2.31. The Hall–Kier alpha value is -2.22. The second kappa shape index (κ2) is 5.20. The SMILES string of the molecule is Cc1cc(OC(F)(F)F)ccc1-c1cc2ccnn2c(S)n1. The van der Waals surface area contributed by atoms with Gasteiger partial charge in [0.15, 0.2) is 5.16 Å². The number of alkyl halides is 3. The summed E-state index contributed by atoms with van der Waals surface area (Å²) in [6.07, 6.45) is -3.09. The molecule has 2 heterocycles. The average molecular weight is 325 g/mol. The Morgan fingerprint density at radius 1 is 1.18 bits per heavy atom. The van der Waals surface area contributed by atoms with Gasteiger partial charge >= 0.3 is 6.36 Å². The Morgan fingerprint density at radius 3 is 2.64 bits per heavy atom. The molecule has 0 N–H and O–H groups in total. The van der Waals surface area contributed by atoms with Gasteiger partial charge in [0.05, 0.1) is 17.4 Å². The van der Waals surface area contributed by atoms with Crippen LogP contribution in [0.3, 0.4) is 0 Å². The maximum atomic E-state index is 12.2. The molecule has 0 unspecified atom stereocenters. The van der Waals surface area contributed by atoms with Crippen molar-refractivity contribution >= 4 is 18.1 Å². The minimum Gasteiger partial charge on any atom is -0.406 e. The molecule has 0 atom stereocenters. The highest BCUT2D eigenvalue weighted by Crippen LogP contribution is 2.30. The highest BCUT2D eigenvalue weighted by molar-refractivity contribution is 7.80. The maximum absolute atomic E-state index is 12.2. The lowest BCUT2D eigenvalue weighted by Gasteiger charge is -2.12. The van der Waals surface area contributed by atoms with E-state index in [-0.39, 0.29) is 5.75 Å². The van der Waals surface area contributed by atoms with E-state index in [4.69, 9.17) is 0 Å². The third kappa shape index (κ3) is 2.87. The lowest BCUT2D eigenvalue weighted by atomic mass is 10.0. The van der Waals surface area contributed by atoms with Crippen LogP contribution in [0.15, 0.2) is 41.7 Å². The predicted octanol–water partition coefficient (Wildman–Crippen LogP) is 3.89. The zero-order valence-corrected chi connectivity index (χ0v) is 12.2. The first-order valence-corrected chi connectivity index (χ1v) is 6.69. The van der Waals surface area contributed by atoms with Gasteiger partial charge in [0.2, 0.25) is 0 Å². The van der Waals surface area contributed by atoms with Crippen LogP contribution < -0.4 is 4.74 Å². The molecule has 0 amide bonds. The van der Waals surface area contributed by atoms with Crippen molar-refractivity contribution in [1.29, 1.82) is 0 Å². The number of thiol groups is 1. The molecule has 0 aliphatic carbocycles. The van der Waals surface area contributed by atoms with E-state index in [0.29, 0.717) is 22.0 Å². The molecule has 0 fully saturated rings. The molecule has 0 saturated carbocycles. The van der Waals surface area contributed by atoms with Crippen molar-refractivity contribution in [3.8, 4) is 17.0 Å². The quantitative estimate of drug-likeness (QED) is 0.574. The second-order valence-corrected chi connectivity index (χ2v) is 5.03. The largest absolute Gasteiger partial charge is 0.573 e. The molecule has 0 aliphatic rings. The summed E-state index contributed by atoms with van der Waals surface area (Å²) in [6.45, 7) is 1.69. The molecule has 3 aromatic rings. The molecule has 2 aromatic heterocycles. The van der Waals surface area contributed by atoms with E-state index in [1.807, 2.05) is 0 Å². The van der Waals surface area contributed by atoms with Crippen LogP contribution in [-0.2, 0) is 0 Å². The molecule has 0 radical (unpaired) electrons. The lowest BCUT2D eigenvalue weighted by molar-refractivity contribution is -0.274. The molecule has 4 nitrogen and oxygen atoms in total. The number of aromatic nitrogens is 3. The molecule has 0 spiro atoms. The van der Waals surface area contributed by atoms with Gasteiger partial charge < -0.3 is 4.74 Å². The number of halogens is 3. The summed E-state index contributed by atoms with van der Waals surface area (Å²) in [4.78, 5) is 4.31. The van der Waals surface area contributed by atoms with Gasteiger partial charge in [-0.3, -0.25) is 0 Å². The third-order valence-electron chi connectivity index (χ3n) is 3.07. The van der Waals surface area contributed by atoms with Gasteiger partial charge in [0, 0.05) is 5.56 Å². The fourth-order valence-electron chi connectivity index (χ4n) is 2.18. The number of aryl methyl sites for hydroxylation is 1. The Kier molecular flexibility index (Phi) is 3.48. The van der Waals surface area contributed by atoms with Crippen molar-refractivity contribution in [2.24, 2.45) is 0 Å². The number of hydrogen-bond donors (Lipinski definition) is 1. The summed E-state index contributed by atoms with van der Waals surface area (Å²) < 4.78 is 42.2. The lowest BCUT2D eigenvalue weighted by Crippen LogP contribution is -2.17. The normalized spacial score (nSPS) is 11.9. The van der Waals surface area contributed by atoms with Crippen molar-refractivity contribution in [3.63, 3.8) is 0 Å². The predicted molar refractivity (Wildman–Crippen MR) is 77.1 cm³/mol. The number of benzene rings is 1. The fourth-order valence-corrected chi connectivity index (χ4v) is 2.45. The summed E-state index contributed by atoms with van der Waals surface area (Å²) in [5.74, 6) is -0.259. The number of nitrogens with zero attached hydrogens (tertiary/aromatic N) is 3. The standard InChI is InChI=1S/C14H10F3N3OS/c1-8-6-10(21-14(15,16)17)2-3-11(8)12-7-9-4-5-18-20(9)13(22)19-12/h2-7H,1H3,(H,19,22). The summed E-state index contributed by atoms with van der Waals surface area (Å²) in [6, 6.07) is 7.71. The first kappa shape index (κ1) is 14.7.